The molecule has 21 heavy (non-hydrogen) atoms. The zero-order valence-electron chi connectivity index (χ0n) is 13.4. The number of nitrogens with zero attached hydrogens (tertiary/aromatic N) is 1. The van der Waals surface area contributed by atoms with E-state index in [0.29, 0.717) is 24.3 Å². The number of aromatic hydroxyl groups is 1. The molecule has 1 atom stereocenters. The van der Waals surface area contributed by atoms with Crippen molar-refractivity contribution in [3.63, 3.8) is 0 Å². The van der Waals surface area contributed by atoms with Gasteiger partial charge in [0.2, 0.25) is 0 Å². The molecule has 0 amide bonds. The molecule has 1 unspecified atom stereocenters. The quantitative estimate of drug-likeness (QED) is 0.387. The molecule has 1 rings (SSSR count). The maximum atomic E-state index is 9.43. The second-order valence-electron chi connectivity index (χ2n) is 5.36. The van der Waals surface area contributed by atoms with Gasteiger partial charge in [-0.05, 0) is 43.9 Å². The van der Waals surface area contributed by atoms with E-state index < -0.39 is 0 Å². The van der Waals surface area contributed by atoms with E-state index in [4.69, 9.17) is 0 Å². The molecular formula is C16H28IN3O. The summed E-state index contributed by atoms with van der Waals surface area (Å²) in [5.41, 5.74) is 1.10. The minimum Gasteiger partial charge on any atom is -0.508 e. The summed E-state index contributed by atoms with van der Waals surface area (Å²) < 4.78 is 0. The molecule has 4 nitrogen and oxygen atoms in total. The van der Waals surface area contributed by atoms with Crippen LogP contribution in [-0.2, 0) is 6.42 Å². The molecule has 0 aromatic heterocycles. The standard InChI is InChI=1S/C16H27N3O.HI/c1-5-17-16(19-13(4)12(2)3)18-10-9-14-7-6-8-15(20)11-14;/h6-8,11-13,20H,5,9-10H2,1-4H3,(H2,17,18,19);1H. The number of phenols is 1. The maximum absolute atomic E-state index is 9.43. The van der Waals surface area contributed by atoms with Gasteiger partial charge in [0.25, 0.3) is 0 Å². The third-order valence-electron chi connectivity index (χ3n) is 3.29. The van der Waals surface area contributed by atoms with Gasteiger partial charge in [-0.3, -0.25) is 4.99 Å². The summed E-state index contributed by atoms with van der Waals surface area (Å²) in [6.07, 6.45) is 0.820. The average molecular weight is 405 g/mol. The maximum Gasteiger partial charge on any atom is 0.191 e. The van der Waals surface area contributed by atoms with Crippen molar-refractivity contribution in [2.24, 2.45) is 10.9 Å². The van der Waals surface area contributed by atoms with Crippen molar-refractivity contribution >= 4 is 29.9 Å². The third-order valence-corrected chi connectivity index (χ3v) is 3.29. The zero-order valence-corrected chi connectivity index (χ0v) is 15.7. The molecule has 0 saturated heterocycles. The first-order valence-corrected chi connectivity index (χ1v) is 7.35. The molecule has 0 radical (unpaired) electrons. The van der Waals surface area contributed by atoms with Crippen molar-refractivity contribution in [3.05, 3.63) is 29.8 Å². The van der Waals surface area contributed by atoms with Crippen LogP contribution in [0.2, 0.25) is 0 Å². The third kappa shape index (κ3) is 8.14. The number of guanidine groups is 1. The monoisotopic (exact) mass is 405 g/mol. The predicted octanol–water partition coefficient (Wildman–Crippen LogP) is 3.15. The predicted molar refractivity (Wildman–Crippen MR) is 101 cm³/mol. The van der Waals surface area contributed by atoms with E-state index in [9.17, 15) is 5.11 Å². The van der Waals surface area contributed by atoms with Gasteiger partial charge in [-0.2, -0.15) is 0 Å². The highest BCUT2D eigenvalue weighted by Gasteiger charge is 2.08. The molecule has 0 spiro atoms. The van der Waals surface area contributed by atoms with Crippen molar-refractivity contribution in [2.75, 3.05) is 13.1 Å². The van der Waals surface area contributed by atoms with Gasteiger partial charge in [0.1, 0.15) is 5.75 Å². The van der Waals surface area contributed by atoms with Crippen LogP contribution >= 0.6 is 24.0 Å². The number of hydrogen-bond acceptors (Lipinski definition) is 2. The lowest BCUT2D eigenvalue weighted by atomic mass is 10.1. The van der Waals surface area contributed by atoms with Crippen LogP contribution in [0.4, 0.5) is 0 Å². The van der Waals surface area contributed by atoms with Crippen LogP contribution in [0.1, 0.15) is 33.3 Å². The molecule has 3 N–H and O–H groups in total. The molecule has 120 valence electrons. The van der Waals surface area contributed by atoms with Crippen LogP contribution in [0.15, 0.2) is 29.3 Å². The smallest absolute Gasteiger partial charge is 0.191 e. The van der Waals surface area contributed by atoms with Crippen LogP contribution in [0, 0.1) is 5.92 Å². The summed E-state index contributed by atoms with van der Waals surface area (Å²) in [5.74, 6) is 1.73. The Balaban J connectivity index is 0.00000400. The number of nitrogens with one attached hydrogen (secondary N) is 2. The molecule has 0 aliphatic heterocycles. The molecule has 0 bridgehead atoms. The fraction of sp³-hybridized carbons (Fsp3) is 0.562. The van der Waals surface area contributed by atoms with Crippen molar-refractivity contribution in [1.29, 1.82) is 0 Å². The molecule has 0 fully saturated rings. The van der Waals surface area contributed by atoms with Gasteiger partial charge >= 0.3 is 0 Å². The molecule has 1 aromatic rings. The van der Waals surface area contributed by atoms with Crippen LogP contribution in [0.5, 0.6) is 5.75 Å². The Bertz CT molecular complexity index is 435. The fourth-order valence-corrected chi connectivity index (χ4v) is 1.71. The Labute approximate surface area is 145 Å². The fourth-order valence-electron chi connectivity index (χ4n) is 1.71. The topological polar surface area (TPSA) is 56.7 Å². The number of halogens is 1. The van der Waals surface area contributed by atoms with Gasteiger partial charge in [-0.25, -0.2) is 0 Å². The Hall–Kier alpha value is -0.980. The Morgan fingerprint density at radius 2 is 2.00 bits per heavy atom. The molecule has 0 aliphatic carbocycles. The molecule has 0 aliphatic rings. The van der Waals surface area contributed by atoms with Crippen molar-refractivity contribution in [3.8, 4) is 5.75 Å². The summed E-state index contributed by atoms with van der Waals surface area (Å²) in [5, 5.41) is 16.1. The Morgan fingerprint density at radius 3 is 2.57 bits per heavy atom. The largest absolute Gasteiger partial charge is 0.508 e. The van der Waals surface area contributed by atoms with E-state index in [-0.39, 0.29) is 24.0 Å². The van der Waals surface area contributed by atoms with Gasteiger partial charge in [0.15, 0.2) is 5.96 Å². The van der Waals surface area contributed by atoms with E-state index in [1.165, 1.54) is 0 Å². The van der Waals surface area contributed by atoms with Gasteiger partial charge in [0, 0.05) is 19.1 Å². The Kier molecular flexibility index (Phi) is 10.2. The summed E-state index contributed by atoms with van der Waals surface area (Å²) in [4.78, 5) is 4.57. The van der Waals surface area contributed by atoms with Crippen LogP contribution in [0.3, 0.4) is 0 Å². The molecular weight excluding hydrogens is 377 g/mol. The summed E-state index contributed by atoms with van der Waals surface area (Å²) in [6.45, 7) is 10.1. The number of phenolic OH excluding ortho intramolecular Hbond substituents is 1. The first-order chi connectivity index (χ1) is 9.52. The lowest BCUT2D eigenvalue weighted by molar-refractivity contribution is 0.474. The highest BCUT2D eigenvalue weighted by Crippen LogP contribution is 2.11. The van der Waals surface area contributed by atoms with Gasteiger partial charge in [0.05, 0.1) is 0 Å². The van der Waals surface area contributed by atoms with E-state index >= 15 is 0 Å². The summed E-state index contributed by atoms with van der Waals surface area (Å²) >= 11 is 0. The number of aliphatic imine (C=N–C) groups is 1. The minimum absolute atomic E-state index is 0. The van der Waals surface area contributed by atoms with Crippen molar-refractivity contribution < 1.29 is 5.11 Å². The lowest BCUT2D eigenvalue weighted by Gasteiger charge is -2.20. The second kappa shape index (κ2) is 10.7. The average Bonchev–Trinajstić information content (AvgIpc) is 2.38. The number of hydrogen-bond donors (Lipinski definition) is 3. The number of benzene rings is 1. The SMILES string of the molecule is CCNC(=NCCc1cccc(O)c1)NC(C)C(C)C.I. The van der Waals surface area contributed by atoms with Crippen LogP contribution < -0.4 is 10.6 Å². The highest BCUT2D eigenvalue weighted by atomic mass is 127. The van der Waals surface area contributed by atoms with E-state index in [0.717, 1.165) is 24.5 Å². The van der Waals surface area contributed by atoms with Crippen molar-refractivity contribution in [1.82, 2.24) is 10.6 Å². The normalized spacial score (nSPS) is 12.7. The molecule has 0 heterocycles. The van der Waals surface area contributed by atoms with E-state index in [1.807, 2.05) is 12.1 Å². The molecule has 5 heteroatoms. The Morgan fingerprint density at radius 1 is 1.29 bits per heavy atom. The van der Waals surface area contributed by atoms with E-state index in [1.54, 1.807) is 12.1 Å². The first kappa shape index (κ1) is 20.0. The van der Waals surface area contributed by atoms with E-state index in [2.05, 4.69) is 43.3 Å². The number of rotatable bonds is 6. The van der Waals surface area contributed by atoms with Gasteiger partial charge in [-0.1, -0.05) is 26.0 Å². The van der Waals surface area contributed by atoms with Crippen LogP contribution in [0.25, 0.3) is 0 Å². The zero-order chi connectivity index (χ0) is 15.0. The molecule has 0 saturated carbocycles. The van der Waals surface area contributed by atoms with Crippen LogP contribution in [-0.4, -0.2) is 30.2 Å². The first-order valence-electron chi connectivity index (χ1n) is 7.35. The second-order valence-corrected chi connectivity index (χ2v) is 5.36. The van der Waals surface area contributed by atoms with Gasteiger partial charge in [-0.15, -0.1) is 24.0 Å². The minimum atomic E-state index is 0. The summed E-state index contributed by atoms with van der Waals surface area (Å²) in [7, 11) is 0. The highest BCUT2D eigenvalue weighted by molar-refractivity contribution is 14.0. The van der Waals surface area contributed by atoms with Crippen molar-refractivity contribution in [2.45, 2.75) is 40.2 Å². The van der Waals surface area contributed by atoms with Gasteiger partial charge < -0.3 is 15.7 Å². The lowest BCUT2D eigenvalue weighted by Crippen LogP contribution is -2.44. The molecule has 1 aromatic carbocycles. The summed E-state index contributed by atoms with van der Waals surface area (Å²) in [6, 6.07) is 7.72.